The molecule has 0 aromatic carbocycles. The summed E-state index contributed by atoms with van der Waals surface area (Å²) in [7, 11) is 1.86. The molecule has 2 aliphatic rings. The number of nitrogens with one attached hydrogen (secondary N) is 2. The fourth-order valence-corrected chi connectivity index (χ4v) is 3.13. The lowest BCUT2D eigenvalue weighted by Crippen LogP contribution is -2.40. The third kappa shape index (κ3) is 3.04. The molecule has 0 spiro atoms. The number of rotatable bonds is 6. The van der Waals surface area contributed by atoms with Gasteiger partial charge in [-0.05, 0) is 51.1 Å². The van der Waals surface area contributed by atoms with Crippen LogP contribution in [0.25, 0.3) is 0 Å². The highest BCUT2D eigenvalue weighted by molar-refractivity contribution is 6.69. The van der Waals surface area contributed by atoms with E-state index >= 15 is 0 Å². The van der Waals surface area contributed by atoms with E-state index < -0.39 is 6.29 Å². The molecule has 0 amide bonds. The van der Waals surface area contributed by atoms with Gasteiger partial charge >= 0.3 is 0 Å². The van der Waals surface area contributed by atoms with Gasteiger partial charge in [-0.3, -0.25) is 0 Å². The molecule has 0 radical (unpaired) electrons. The Hall–Kier alpha value is -0.605. The summed E-state index contributed by atoms with van der Waals surface area (Å²) in [5.41, 5.74) is 0. The van der Waals surface area contributed by atoms with Crippen LogP contribution in [0.15, 0.2) is 0 Å². The fraction of sp³-hybridized carbons (Fsp3) is 0.917. The van der Waals surface area contributed by atoms with E-state index in [-0.39, 0.29) is 24.5 Å². The van der Waals surface area contributed by atoms with E-state index in [4.69, 9.17) is 5.26 Å². The summed E-state index contributed by atoms with van der Waals surface area (Å²) in [6, 6.07) is 0.217. The molecule has 100 valence electrons. The Kier molecular flexibility index (Phi) is 4.63. The second kappa shape index (κ2) is 6.03. The molecule has 1 aliphatic carbocycles. The first-order chi connectivity index (χ1) is 8.67. The summed E-state index contributed by atoms with van der Waals surface area (Å²) in [6.07, 6.45) is 1.91. The van der Waals surface area contributed by atoms with Gasteiger partial charge in [0.1, 0.15) is 6.29 Å². The Morgan fingerprint density at radius 1 is 1.39 bits per heavy atom. The number of nitrogens with zero attached hydrogens (tertiary/aromatic N) is 1. The Balaban J connectivity index is 2.00. The molecule has 3 atom stereocenters. The highest BCUT2D eigenvalue weighted by atomic mass is 16.5. The summed E-state index contributed by atoms with van der Waals surface area (Å²) < 4.78 is 0. The van der Waals surface area contributed by atoms with Crippen molar-refractivity contribution in [2.45, 2.75) is 37.3 Å². The van der Waals surface area contributed by atoms with E-state index in [1.54, 1.807) is 0 Å². The second-order valence-corrected chi connectivity index (χ2v) is 5.64. The second-order valence-electron chi connectivity index (χ2n) is 5.64. The van der Waals surface area contributed by atoms with E-state index in [9.17, 15) is 10.2 Å². The fourth-order valence-electron chi connectivity index (χ4n) is 3.13. The van der Waals surface area contributed by atoms with E-state index in [0.717, 1.165) is 18.8 Å². The molecule has 2 unspecified atom stereocenters. The predicted molar refractivity (Wildman–Crippen MR) is 70.1 cm³/mol. The molecular formula is C12H22BN3O2. The Bertz CT molecular complexity index is 317. The average Bonchev–Trinajstić information content (AvgIpc) is 3.09. The van der Waals surface area contributed by atoms with E-state index in [1.807, 2.05) is 7.05 Å². The van der Waals surface area contributed by atoms with Gasteiger partial charge in [-0.25, -0.2) is 5.26 Å². The molecule has 0 aromatic rings. The van der Waals surface area contributed by atoms with Gasteiger partial charge in [-0.15, -0.1) is 0 Å². The molecule has 2 rings (SSSR count). The van der Waals surface area contributed by atoms with Crippen molar-refractivity contribution in [3.8, 4) is 5.97 Å². The first-order valence-corrected chi connectivity index (χ1v) is 6.81. The normalized spacial score (nSPS) is 31.9. The summed E-state index contributed by atoms with van der Waals surface area (Å²) >= 11 is 0. The van der Waals surface area contributed by atoms with Gasteiger partial charge < -0.3 is 20.8 Å². The van der Waals surface area contributed by atoms with Crippen LogP contribution in [0, 0.1) is 23.1 Å². The van der Waals surface area contributed by atoms with Crippen LogP contribution in [0.4, 0.5) is 0 Å². The molecule has 0 bridgehead atoms. The lowest BCUT2D eigenvalue weighted by atomic mass is 9.43. The summed E-state index contributed by atoms with van der Waals surface area (Å²) in [5, 5.41) is 34.8. The van der Waals surface area contributed by atoms with Crippen molar-refractivity contribution in [1.29, 1.82) is 5.26 Å². The minimum Gasteiger partial charge on any atom is -0.369 e. The topological polar surface area (TPSA) is 88.3 Å². The molecule has 0 aromatic heterocycles. The standard InChI is InChI=1S/C12H22BN3O2/c1-15-6-9-10(16-5-8-2-3-8)4-13(7-14)11(9)12(17)18/h8-12,15-18H,2-6H2,1H3/t9?,10?,11-/m1/s1. The van der Waals surface area contributed by atoms with E-state index in [0.29, 0.717) is 6.54 Å². The molecule has 2 fully saturated rings. The summed E-state index contributed by atoms with van der Waals surface area (Å²) in [5.74, 6) is 2.78. The van der Waals surface area contributed by atoms with Crippen LogP contribution < -0.4 is 10.6 Å². The van der Waals surface area contributed by atoms with Crippen molar-refractivity contribution in [2.75, 3.05) is 20.1 Å². The first-order valence-electron chi connectivity index (χ1n) is 6.81. The summed E-state index contributed by atoms with van der Waals surface area (Å²) in [4.78, 5) is 0. The van der Waals surface area contributed by atoms with Gasteiger partial charge in [-0.2, -0.15) is 0 Å². The molecular weight excluding hydrogens is 229 g/mol. The summed E-state index contributed by atoms with van der Waals surface area (Å²) in [6.45, 7) is 1.44. The first kappa shape index (κ1) is 13.8. The van der Waals surface area contributed by atoms with Crippen LogP contribution in [0.2, 0.25) is 12.1 Å². The van der Waals surface area contributed by atoms with Crippen molar-refractivity contribution in [3.05, 3.63) is 0 Å². The van der Waals surface area contributed by atoms with Crippen molar-refractivity contribution in [2.24, 2.45) is 11.8 Å². The van der Waals surface area contributed by atoms with Crippen LogP contribution in [0.3, 0.4) is 0 Å². The molecule has 1 saturated heterocycles. The Morgan fingerprint density at radius 2 is 2.11 bits per heavy atom. The van der Waals surface area contributed by atoms with Crippen molar-refractivity contribution >= 4 is 6.71 Å². The molecule has 4 N–H and O–H groups in total. The zero-order valence-corrected chi connectivity index (χ0v) is 10.8. The minimum atomic E-state index is -1.40. The minimum absolute atomic E-state index is 0.110. The predicted octanol–water partition coefficient (Wildman–Crippen LogP) is -0.558. The third-order valence-corrected chi connectivity index (χ3v) is 4.30. The van der Waals surface area contributed by atoms with E-state index in [2.05, 4.69) is 16.6 Å². The number of aliphatic hydroxyl groups excluding tert-OH is 1. The average molecular weight is 251 g/mol. The van der Waals surface area contributed by atoms with Crippen LogP contribution in [0.5, 0.6) is 0 Å². The van der Waals surface area contributed by atoms with Gasteiger partial charge in [0.05, 0.1) is 0 Å². The lowest BCUT2D eigenvalue weighted by Gasteiger charge is -2.27. The van der Waals surface area contributed by atoms with Gasteiger partial charge in [0, 0.05) is 17.8 Å². The van der Waals surface area contributed by atoms with Crippen LogP contribution in [-0.2, 0) is 0 Å². The zero-order valence-electron chi connectivity index (χ0n) is 10.8. The Morgan fingerprint density at radius 3 is 2.61 bits per heavy atom. The van der Waals surface area contributed by atoms with Crippen molar-refractivity contribution in [3.63, 3.8) is 0 Å². The van der Waals surface area contributed by atoms with Crippen LogP contribution in [-0.4, -0.2) is 49.4 Å². The van der Waals surface area contributed by atoms with Gasteiger partial charge in [-0.1, -0.05) is 0 Å². The maximum absolute atomic E-state index is 9.51. The zero-order chi connectivity index (χ0) is 13.1. The molecule has 5 nitrogen and oxygen atoms in total. The molecule has 1 heterocycles. The quantitative estimate of drug-likeness (QED) is 0.375. The highest BCUT2D eigenvalue weighted by Crippen LogP contribution is 2.39. The number of aliphatic hydroxyl groups is 2. The maximum Gasteiger partial charge on any atom is 0.277 e. The maximum atomic E-state index is 9.51. The highest BCUT2D eigenvalue weighted by Gasteiger charge is 2.48. The van der Waals surface area contributed by atoms with Crippen LogP contribution >= 0.6 is 0 Å². The van der Waals surface area contributed by atoms with Crippen molar-refractivity contribution in [1.82, 2.24) is 10.6 Å². The van der Waals surface area contributed by atoms with Gasteiger partial charge in [0.2, 0.25) is 0 Å². The monoisotopic (exact) mass is 251 g/mol. The molecule has 6 heteroatoms. The smallest absolute Gasteiger partial charge is 0.277 e. The largest absolute Gasteiger partial charge is 0.369 e. The van der Waals surface area contributed by atoms with Crippen molar-refractivity contribution < 1.29 is 10.2 Å². The number of hydrogen-bond acceptors (Lipinski definition) is 5. The third-order valence-electron chi connectivity index (χ3n) is 4.30. The van der Waals surface area contributed by atoms with Crippen LogP contribution in [0.1, 0.15) is 12.8 Å². The van der Waals surface area contributed by atoms with Gasteiger partial charge in [0.25, 0.3) is 6.71 Å². The SMILES string of the molecule is CNCC1C(NCC2CC2)CB(C#N)[C@H]1C(O)O. The molecule has 18 heavy (non-hydrogen) atoms. The molecule has 1 saturated carbocycles. The lowest BCUT2D eigenvalue weighted by molar-refractivity contribution is -0.0553. The molecule has 1 aliphatic heterocycles. The number of hydrogen-bond donors (Lipinski definition) is 4. The van der Waals surface area contributed by atoms with E-state index in [1.165, 1.54) is 12.8 Å². The number of nitriles is 1. The Labute approximate surface area is 109 Å². The van der Waals surface area contributed by atoms with Gasteiger partial charge in [0.15, 0.2) is 0 Å².